The van der Waals surface area contributed by atoms with E-state index in [-0.39, 0.29) is 19.1 Å². The van der Waals surface area contributed by atoms with Crippen LogP contribution in [0.15, 0.2) is 30.3 Å². The molecule has 0 spiro atoms. The van der Waals surface area contributed by atoms with Crippen LogP contribution in [-0.4, -0.2) is 40.4 Å². The first kappa shape index (κ1) is 20.0. The van der Waals surface area contributed by atoms with E-state index in [0.717, 1.165) is 10.5 Å². The molecule has 1 aromatic carbocycles. The van der Waals surface area contributed by atoms with Crippen LogP contribution < -0.4 is 0 Å². The number of esters is 1. The van der Waals surface area contributed by atoms with Crippen LogP contribution in [0.5, 0.6) is 0 Å². The average molecular weight is 337 g/mol. The van der Waals surface area contributed by atoms with Crippen molar-refractivity contribution >= 4 is 12.1 Å². The number of aliphatic hydroxyl groups is 1. The highest BCUT2D eigenvalue weighted by Crippen LogP contribution is 2.15. The zero-order chi connectivity index (χ0) is 18.3. The molecule has 24 heavy (non-hydrogen) atoms. The molecule has 1 unspecified atom stereocenters. The number of carbonyl (C=O) groups excluding carboxylic acids is 2. The van der Waals surface area contributed by atoms with Crippen LogP contribution in [0, 0.1) is 5.92 Å². The fourth-order valence-electron chi connectivity index (χ4n) is 1.87. The molecule has 1 atom stereocenters. The first-order chi connectivity index (χ1) is 11.1. The summed E-state index contributed by atoms with van der Waals surface area (Å²) in [5.74, 6) is -0.858. The SMILES string of the molecule is CC(C)C(O)N(CC(=O)OCc1ccccc1)C(=O)OC(C)(C)C. The summed E-state index contributed by atoms with van der Waals surface area (Å²) < 4.78 is 10.4. The summed E-state index contributed by atoms with van der Waals surface area (Å²) in [5.41, 5.74) is 0.124. The van der Waals surface area contributed by atoms with Crippen molar-refractivity contribution in [1.29, 1.82) is 0 Å². The van der Waals surface area contributed by atoms with Crippen molar-refractivity contribution in [1.82, 2.24) is 4.90 Å². The molecular weight excluding hydrogens is 310 g/mol. The fraction of sp³-hybridized carbons (Fsp3) is 0.556. The highest BCUT2D eigenvalue weighted by Gasteiger charge is 2.31. The highest BCUT2D eigenvalue weighted by molar-refractivity contribution is 5.78. The van der Waals surface area contributed by atoms with Crippen molar-refractivity contribution in [3.05, 3.63) is 35.9 Å². The van der Waals surface area contributed by atoms with Gasteiger partial charge >= 0.3 is 12.1 Å². The molecule has 1 N–H and O–H groups in total. The molecule has 0 aliphatic carbocycles. The van der Waals surface area contributed by atoms with Crippen LogP contribution in [-0.2, 0) is 20.9 Å². The van der Waals surface area contributed by atoms with Gasteiger partial charge in [-0.1, -0.05) is 44.2 Å². The standard InChI is InChI=1S/C18H27NO5/c1-13(2)16(21)19(17(22)24-18(3,4)5)11-15(20)23-12-14-9-7-6-8-10-14/h6-10,13,16,21H,11-12H2,1-5H3. The maximum Gasteiger partial charge on any atom is 0.412 e. The van der Waals surface area contributed by atoms with Crippen molar-refractivity contribution in [3.63, 3.8) is 0 Å². The van der Waals surface area contributed by atoms with E-state index in [0.29, 0.717) is 0 Å². The zero-order valence-corrected chi connectivity index (χ0v) is 15.0. The van der Waals surface area contributed by atoms with Gasteiger partial charge < -0.3 is 14.6 Å². The van der Waals surface area contributed by atoms with E-state index < -0.39 is 23.9 Å². The van der Waals surface area contributed by atoms with E-state index in [1.165, 1.54) is 0 Å². The normalized spacial score (nSPS) is 12.6. The second-order valence-electron chi connectivity index (χ2n) is 6.91. The Labute approximate surface area is 143 Å². The van der Waals surface area contributed by atoms with E-state index in [1.807, 2.05) is 30.3 Å². The van der Waals surface area contributed by atoms with Crippen LogP contribution in [0.25, 0.3) is 0 Å². The molecule has 0 saturated heterocycles. The molecule has 0 heterocycles. The number of hydrogen-bond donors (Lipinski definition) is 1. The summed E-state index contributed by atoms with van der Waals surface area (Å²) in [6.07, 6.45) is -1.88. The van der Waals surface area contributed by atoms with Crippen molar-refractivity contribution in [3.8, 4) is 0 Å². The lowest BCUT2D eigenvalue weighted by Gasteiger charge is -2.31. The third kappa shape index (κ3) is 7.00. The van der Waals surface area contributed by atoms with E-state index in [2.05, 4.69) is 0 Å². The summed E-state index contributed by atoms with van der Waals surface area (Å²) in [6.45, 7) is 8.39. The molecule has 0 bridgehead atoms. The summed E-state index contributed by atoms with van der Waals surface area (Å²) in [5, 5.41) is 10.2. The van der Waals surface area contributed by atoms with Gasteiger partial charge in [-0.15, -0.1) is 0 Å². The fourth-order valence-corrected chi connectivity index (χ4v) is 1.87. The maximum atomic E-state index is 12.3. The Morgan fingerprint density at radius 2 is 1.75 bits per heavy atom. The van der Waals surface area contributed by atoms with Crippen LogP contribution >= 0.6 is 0 Å². The second-order valence-corrected chi connectivity index (χ2v) is 6.91. The van der Waals surface area contributed by atoms with Gasteiger partial charge in [0.2, 0.25) is 0 Å². The zero-order valence-electron chi connectivity index (χ0n) is 15.0. The number of nitrogens with zero attached hydrogens (tertiary/aromatic N) is 1. The minimum Gasteiger partial charge on any atom is -0.459 e. The van der Waals surface area contributed by atoms with Gasteiger partial charge in [0.1, 0.15) is 25.0 Å². The van der Waals surface area contributed by atoms with Gasteiger partial charge in [0.25, 0.3) is 0 Å². The minimum absolute atomic E-state index is 0.111. The maximum absolute atomic E-state index is 12.3. The van der Waals surface area contributed by atoms with Crippen molar-refractivity contribution < 1.29 is 24.2 Å². The lowest BCUT2D eigenvalue weighted by molar-refractivity contribution is -0.150. The molecule has 1 aromatic rings. The number of ether oxygens (including phenoxy) is 2. The molecule has 0 saturated carbocycles. The molecule has 0 fully saturated rings. The van der Waals surface area contributed by atoms with Crippen molar-refractivity contribution in [2.24, 2.45) is 5.92 Å². The first-order valence-corrected chi connectivity index (χ1v) is 7.97. The summed E-state index contributed by atoms with van der Waals surface area (Å²) >= 11 is 0. The van der Waals surface area contributed by atoms with Gasteiger partial charge in [0.05, 0.1) is 0 Å². The number of rotatable bonds is 6. The van der Waals surface area contributed by atoms with Crippen molar-refractivity contribution in [2.75, 3.05) is 6.54 Å². The molecule has 6 heteroatoms. The van der Waals surface area contributed by atoms with Crippen LogP contribution in [0.2, 0.25) is 0 Å². The number of hydrogen-bond acceptors (Lipinski definition) is 5. The summed E-state index contributed by atoms with van der Waals surface area (Å²) in [6, 6.07) is 9.23. The van der Waals surface area contributed by atoms with Crippen LogP contribution in [0.3, 0.4) is 0 Å². The Bertz CT molecular complexity index is 536. The number of aliphatic hydroxyl groups excluding tert-OH is 1. The minimum atomic E-state index is -1.14. The molecule has 6 nitrogen and oxygen atoms in total. The lowest BCUT2D eigenvalue weighted by atomic mass is 10.1. The van der Waals surface area contributed by atoms with E-state index in [4.69, 9.17) is 9.47 Å². The van der Waals surface area contributed by atoms with Crippen molar-refractivity contribution in [2.45, 2.75) is 53.1 Å². The van der Waals surface area contributed by atoms with Gasteiger partial charge in [0, 0.05) is 0 Å². The molecule has 1 rings (SSSR count). The van der Waals surface area contributed by atoms with Crippen LogP contribution in [0.4, 0.5) is 4.79 Å². The summed E-state index contributed by atoms with van der Waals surface area (Å²) in [4.78, 5) is 25.3. The van der Waals surface area contributed by atoms with E-state index in [9.17, 15) is 14.7 Å². The smallest absolute Gasteiger partial charge is 0.412 e. The molecule has 0 radical (unpaired) electrons. The molecule has 1 amide bonds. The highest BCUT2D eigenvalue weighted by atomic mass is 16.6. The Hall–Kier alpha value is -2.08. The molecule has 134 valence electrons. The number of amides is 1. The van der Waals surface area contributed by atoms with Gasteiger partial charge in [-0.2, -0.15) is 0 Å². The largest absolute Gasteiger partial charge is 0.459 e. The van der Waals surface area contributed by atoms with Crippen LogP contribution in [0.1, 0.15) is 40.2 Å². The summed E-state index contributed by atoms with van der Waals surface area (Å²) in [7, 11) is 0. The molecule has 0 aliphatic rings. The lowest BCUT2D eigenvalue weighted by Crippen LogP contribution is -2.48. The predicted molar refractivity (Wildman–Crippen MR) is 90.0 cm³/mol. The van der Waals surface area contributed by atoms with E-state index >= 15 is 0 Å². The number of carbonyl (C=O) groups is 2. The van der Waals surface area contributed by atoms with Gasteiger partial charge in [-0.3, -0.25) is 9.69 Å². The Kier molecular flexibility index (Phi) is 7.22. The molecule has 0 aromatic heterocycles. The van der Waals surface area contributed by atoms with E-state index in [1.54, 1.807) is 34.6 Å². The Balaban J connectivity index is 2.69. The molecule has 0 aliphatic heterocycles. The van der Waals surface area contributed by atoms with Gasteiger partial charge in [-0.25, -0.2) is 4.79 Å². The monoisotopic (exact) mass is 337 g/mol. The quantitative estimate of drug-likeness (QED) is 0.638. The average Bonchev–Trinajstić information content (AvgIpc) is 2.49. The van der Waals surface area contributed by atoms with Gasteiger partial charge in [0.15, 0.2) is 0 Å². The Morgan fingerprint density at radius 1 is 1.17 bits per heavy atom. The third-order valence-corrected chi connectivity index (χ3v) is 3.09. The predicted octanol–water partition coefficient (Wildman–Crippen LogP) is 2.94. The molecular formula is C18H27NO5. The van der Waals surface area contributed by atoms with Gasteiger partial charge in [-0.05, 0) is 32.3 Å². The third-order valence-electron chi connectivity index (χ3n) is 3.09. The second kappa shape index (κ2) is 8.68. The topological polar surface area (TPSA) is 76.1 Å². The Morgan fingerprint density at radius 3 is 2.25 bits per heavy atom. The number of benzene rings is 1. The first-order valence-electron chi connectivity index (χ1n) is 7.97.